The fraction of sp³-hybridized carbons (Fsp3) is 0.200. The number of ether oxygens (including phenoxy) is 2. The molecule has 1 atom stereocenters. The predicted octanol–water partition coefficient (Wildman–Crippen LogP) is 3.55. The summed E-state index contributed by atoms with van der Waals surface area (Å²) in [5.41, 5.74) is 3.27. The number of methoxy groups -OCH3 is 1. The van der Waals surface area contributed by atoms with Gasteiger partial charge in [-0.15, -0.1) is 0 Å². The van der Waals surface area contributed by atoms with E-state index >= 15 is 0 Å². The summed E-state index contributed by atoms with van der Waals surface area (Å²) in [4.78, 5) is 24.7. The normalized spacial score (nSPS) is 16.7. The van der Waals surface area contributed by atoms with Crippen LogP contribution in [-0.4, -0.2) is 25.0 Å². The summed E-state index contributed by atoms with van der Waals surface area (Å²) in [6.45, 7) is 2.00. The first-order chi connectivity index (χ1) is 11.6. The number of rotatable bonds is 4. The minimum absolute atomic E-state index is 0.223. The van der Waals surface area contributed by atoms with Crippen molar-refractivity contribution in [3.8, 4) is 0 Å². The average molecular weight is 322 g/mol. The Morgan fingerprint density at radius 3 is 2.33 bits per heavy atom. The second-order valence-corrected chi connectivity index (χ2v) is 5.70. The van der Waals surface area contributed by atoms with Crippen LogP contribution in [0.3, 0.4) is 0 Å². The Kier molecular flexibility index (Phi) is 4.47. The number of allylic oxidation sites excluding steroid dienone is 1. The number of benzene rings is 2. The van der Waals surface area contributed by atoms with Crippen molar-refractivity contribution < 1.29 is 19.1 Å². The van der Waals surface area contributed by atoms with Crippen molar-refractivity contribution in [1.29, 1.82) is 0 Å². The molecule has 0 N–H and O–H groups in total. The van der Waals surface area contributed by atoms with Gasteiger partial charge in [0.2, 0.25) is 5.78 Å². The van der Waals surface area contributed by atoms with E-state index in [2.05, 4.69) is 0 Å². The third-order valence-corrected chi connectivity index (χ3v) is 4.03. The minimum Gasteiger partial charge on any atom is -0.474 e. The molecule has 1 unspecified atom stereocenters. The fourth-order valence-electron chi connectivity index (χ4n) is 2.71. The van der Waals surface area contributed by atoms with Crippen LogP contribution in [0.1, 0.15) is 27.9 Å². The monoisotopic (exact) mass is 322 g/mol. The Hall–Kier alpha value is -2.88. The van der Waals surface area contributed by atoms with Crippen molar-refractivity contribution in [1.82, 2.24) is 0 Å². The Morgan fingerprint density at radius 2 is 1.71 bits per heavy atom. The minimum atomic E-state index is -0.783. The van der Waals surface area contributed by atoms with Crippen LogP contribution in [0.25, 0.3) is 5.57 Å². The smallest absolute Gasteiger partial charge is 0.347 e. The standard InChI is InChI=1S/C20H18O4/c1-13-8-10-14(11-9-13)16-12-17(20(22)23-2)24-19(16)18(21)15-6-4-3-5-7-15/h3-11,17H,12H2,1-2H3. The topological polar surface area (TPSA) is 52.6 Å². The van der Waals surface area contributed by atoms with E-state index in [-0.39, 0.29) is 11.5 Å². The number of esters is 1. The Labute approximate surface area is 140 Å². The molecule has 3 rings (SSSR count). The third-order valence-electron chi connectivity index (χ3n) is 4.03. The zero-order chi connectivity index (χ0) is 17.1. The van der Waals surface area contributed by atoms with Gasteiger partial charge in [0.05, 0.1) is 7.11 Å². The Balaban J connectivity index is 2.01. The van der Waals surface area contributed by atoms with Gasteiger partial charge in [-0.1, -0.05) is 60.2 Å². The third kappa shape index (κ3) is 3.08. The molecule has 24 heavy (non-hydrogen) atoms. The average Bonchev–Trinajstić information content (AvgIpc) is 3.07. The lowest BCUT2D eigenvalue weighted by Crippen LogP contribution is -2.22. The van der Waals surface area contributed by atoms with Crippen LogP contribution < -0.4 is 0 Å². The van der Waals surface area contributed by atoms with Gasteiger partial charge in [0.25, 0.3) is 0 Å². The van der Waals surface area contributed by atoms with Gasteiger partial charge in [-0.2, -0.15) is 0 Å². The van der Waals surface area contributed by atoms with Crippen LogP contribution in [-0.2, 0) is 14.3 Å². The summed E-state index contributed by atoms with van der Waals surface area (Å²) in [5, 5.41) is 0. The molecule has 0 spiro atoms. The van der Waals surface area contributed by atoms with Crippen LogP contribution >= 0.6 is 0 Å². The second-order valence-electron chi connectivity index (χ2n) is 5.70. The lowest BCUT2D eigenvalue weighted by molar-refractivity contribution is -0.150. The van der Waals surface area contributed by atoms with Crippen molar-refractivity contribution in [2.45, 2.75) is 19.4 Å². The van der Waals surface area contributed by atoms with Crippen LogP contribution in [0.4, 0.5) is 0 Å². The SMILES string of the molecule is COC(=O)C1CC(c2ccc(C)cc2)=C(C(=O)c2ccccc2)O1. The predicted molar refractivity (Wildman–Crippen MR) is 90.4 cm³/mol. The fourth-order valence-corrected chi connectivity index (χ4v) is 2.71. The van der Waals surface area contributed by atoms with E-state index in [9.17, 15) is 9.59 Å². The first kappa shape index (κ1) is 16.0. The van der Waals surface area contributed by atoms with Crippen LogP contribution in [0.15, 0.2) is 60.4 Å². The highest BCUT2D eigenvalue weighted by atomic mass is 16.6. The van der Waals surface area contributed by atoms with Crippen molar-refractivity contribution in [2.75, 3.05) is 7.11 Å². The van der Waals surface area contributed by atoms with E-state index in [1.54, 1.807) is 24.3 Å². The summed E-state index contributed by atoms with van der Waals surface area (Å²) in [6, 6.07) is 16.7. The molecule has 0 amide bonds. The molecule has 1 heterocycles. The number of hydrogen-bond acceptors (Lipinski definition) is 4. The van der Waals surface area contributed by atoms with Gasteiger partial charge in [0, 0.05) is 17.6 Å². The van der Waals surface area contributed by atoms with Crippen molar-refractivity contribution in [3.05, 3.63) is 77.0 Å². The molecule has 0 saturated carbocycles. The summed E-state index contributed by atoms with van der Waals surface area (Å²) >= 11 is 0. The van der Waals surface area contributed by atoms with Gasteiger partial charge in [-0.25, -0.2) is 4.79 Å². The molecule has 122 valence electrons. The van der Waals surface area contributed by atoms with E-state index in [4.69, 9.17) is 9.47 Å². The summed E-state index contributed by atoms with van der Waals surface area (Å²) in [6.07, 6.45) is -0.460. The maximum absolute atomic E-state index is 12.8. The van der Waals surface area contributed by atoms with Crippen LogP contribution in [0.2, 0.25) is 0 Å². The molecule has 4 heteroatoms. The molecule has 0 aliphatic carbocycles. The number of Topliss-reactive ketones (excluding diaryl/α,β-unsaturated/α-hetero) is 1. The molecule has 0 aromatic heterocycles. The first-order valence-electron chi connectivity index (χ1n) is 7.74. The van der Waals surface area contributed by atoms with Crippen molar-refractivity contribution in [2.24, 2.45) is 0 Å². The van der Waals surface area contributed by atoms with Crippen LogP contribution in [0, 0.1) is 6.92 Å². The van der Waals surface area contributed by atoms with Gasteiger partial charge in [-0.05, 0) is 12.5 Å². The number of aryl methyl sites for hydroxylation is 1. The van der Waals surface area contributed by atoms with Gasteiger partial charge >= 0.3 is 5.97 Å². The number of carbonyl (C=O) groups is 2. The lowest BCUT2D eigenvalue weighted by Gasteiger charge is -2.10. The summed E-state index contributed by atoms with van der Waals surface area (Å²) in [5.74, 6) is -0.478. The second kappa shape index (κ2) is 6.71. The molecule has 0 bridgehead atoms. The molecular formula is C20H18O4. The van der Waals surface area contributed by atoms with Gasteiger partial charge < -0.3 is 9.47 Å². The van der Waals surface area contributed by atoms with E-state index in [0.29, 0.717) is 12.0 Å². The highest BCUT2D eigenvalue weighted by Gasteiger charge is 2.36. The maximum atomic E-state index is 12.8. The summed E-state index contributed by atoms with van der Waals surface area (Å²) < 4.78 is 10.5. The largest absolute Gasteiger partial charge is 0.474 e. The van der Waals surface area contributed by atoms with Crippen molar-refractivity contribution >= 4 is 17.3 Å². The van der Waals surface area contributed by atoms with E-state index in [1.807, 2.05) is 37.3 Å². The van der Waals surface area contributed by atoms with Crippen molar-refractivity contribution in [3.63, 3.8) is 0 Å². The molecule has 2 aromatic rings. The number of ketones is 1. The molecule has 0 radical (unpaired) electrons. The van der Waals surface area contributed by atoms with Gasteiger partial charge in [0.1, 0.15) is 0 Å². The molecule has 1 aliphatic heterocycles. The Bertz CT molecular complexity index is 788. The molecule has 0 saturated heterocycles. The number of carbonyl (C=O) groups excluding carboxylic acids is 2. The number of hydrogen-bond donors (Lipinski definition) is 0. The molecule has 4 nitrogen and oxygen atoms in total. The zero-order valence-electron chi connectivity index (χ0n) is 13.6. The van der Waals surface area contributed by atoms with E-state index in [0.717, 1.165) is 16.7 Å². The zero-order valence-corrected chi connectivity index (χ0v) is 13.6. The van der Waals surface area contributed by atoms with Crippen LogP contribution in [0.5, 0.6) is 0 Å². The molecular weight excluding hydrogens is 304 g/mol. The van der Waals surface area contributed by atoms with E-state index < -0.39 is 12.1 Å². The maximum Gasteiger partial charge on any atom is 0.347 e. The van der Waals surface area contributed by atoms with Gasteiger partial charge in [0.15, 0.2) is 11.9 Å². The van der Waals surface area contributed by atoms with Gasteiger partial charge in [-0.3, -0.25) is 4.79 Å². The Morgan fingerprint density at radius 1 is 1.04 bits per heavy atom. The molecule has 2 aromatic carbocycles. The summed E-state index contributed by atoms with van der Waals surface area (Å²) in [7, 11) is 1.31. The first-order valence-corrected chi connectivity index (χ1v) is 7.74. The highest BCUT2D eigenvalue weighted by Crippen LogP contribution is 2.35. The van der Waals surface area contributed by atoms with E-state index in [1.165, 1.54) is 7.11 Å². The highest BCUT2D eigenvalue weighted by molar-refractivity contribution is 6.12. The molecule has 0 fully saturated rings. The lowest BCUT2D eigenvalue weighted by atomic mass is 9.97. The molecule has 1 aliphatic rings. The quantitative estimate of drug-likeness (QED) is 0.638.